The molecular weight excluding hydrogens is 448 g/mol. The minimum absolute atomic E-state index is 0.0364. The lowest BCUT2D eigenvalue weighted by molar-refractivity contribution is -0.0831. The van der Waals surface area contributed by atoms with E-state index in [-0.39, 0.29) is 12.0 Å². The molecule has 2 N–H and O–H groups in total. The van der Waals surface area contributed by atoms with Gasteiger partial charge in [-0.1, -0.05) is 63.1 Å². The van der Waals surface area contributed by atoms with Gasteiger partial charge in [-0.25, -0.2) is 0 Å². The molecule has 1 saturated heterocycles. The summed E-state index contributed by atoms with van der Waals surface area (Å²) in [6, 6.07) is 9.18. The van der Waals surface area contributed by atoms with Crippen molar-refractivity contribution in [2.45, 2.75) is 83.2 Å². The number of hydrogen-bond donors (Lipinski definition) is 2. The van der Waals surface area contributed by atoms with Crippen LogP contribution in [0.15, 0.2) is 47.1 Å². The van der Waals surface area contributed by atoms with Crippen molar-refractivity contribution in [1.82, 2.24) is 0 Å². The fourth-order valence-corrected chi connectivity index (χ4v) is 8.31. The molecule has 36 heavy (non-hydrogen) atoms. The number of benzene rings is 1. The van der Waals surface area contributed by atoms with Crippen molar-refractivity contribution in [3.63, 3.8) is 0 Å². The van der Waals surface area contributed by atoms with Crippen LogP contribution in [0.1, 0.15) is 88.7 Å². The molecule has 196 valence electrons. The van der Waals surface area contributed by atoms with E-state index in [0.717, 1.165) is 30.8 Å². The summed E-state index contributed by atoms with van der Waals surface area (Å²) in [6.45, 7) is 9.42. The predicted molar refractivity (Wildman–Crippen MR) is 142 cm³/mol. The van der Waals surface area contributed by atoms with E-state index in [2.05, 4.69) is 51.1 Å². The largest absolute Gasteiger partial charge is 0.392 e. The summed E-state index contributed by atoms with van der Waals surface area (Å²) < 4.78 is 12.4. The van der Waals surface area contributed by atoms with Gasteiger partial charge >= 0.3 is 0 Å². The van der Waals surface area contributed by atoms with E-state index in [1.165, 1.54) is 48.0 Å². The van der Waals surface area contributed by atoms with Crippen LogP contribution < -0.4 is 0 Å². The summed E-state index contributed by atoms with van der Waals surface area (Å²) in [4.78, 5) is 0. The first-order chi connectivity index (χ1) is 17.2. The van der Waals surface area contributed by atoms with Gasteiger partial charge in [-0.05, 0) is 78.0 Å². The molecule has 2 unspecified atom stereocenters. The normalized spacial score (nSPS) is 40.1. The number of rotatable bonds is 3. The third-order valence-electron chi connectivity index (χ3n) is 10.2. The van der Waals surface area contributed by atoms with Gasteiger partial charge < -0.3 is 19.7 Å². The number of aliphatic hydroxyl groups is 2. The van der Waals surface area contributed by atoms with E-state index in [0.29, 0.717) is 49.6 Å². The molecule has 0 amide bonds. The van der Waals surface area contributed by atoms with Crippen LogP contribution in [-0.2, 0) is 9.47 Å². The van der Waals surface area contributed by atoms with Crippen molar-refractivity contribution in [2.75, 3.05) is 33.0 Å². The molecule has 1 aliphatic heterocycles. The van der Waals surface area contributed by atoms with Gasteiger partial charge in [-0.15, -0.1) is 0 Å². The monoisotopic (exact) mass is 492 g/mol. The van der Waals surface area contributed by atoms with E-state index < -0.39 is 5.60 Å². The van der Waals surface area contributed by atoms with Crippen molar-refractivity contribution in [3.8, 4) is 0 Å². The highest BCUT2D eigenvalue weighted by molar-refractivity contribution is 5.48. The third-order valence-corrected chi connectivity index (χ3v) is 10.2. The van der Waals surface area contributed by atoms with Crippen LogP contribution in [0.4, 0.5) is 0 Å². The number of fused-ring (bicyclic) bond motifs is 4. The zero-order valence-corrected chi connectivity index (χ0v) is 22.4. The highest BCUT2D eigenvalue weighted by atomic mass is 16.5. The van der Waals surface area contributed by atoms with Crippen LogP contribution in [0.2, 0.25) is 0 Å². The van der Waals surface area contributed by atoms with E-state index in [1.807, 2.05) is 0 Å². The molecule has 3 fully saturated rings. The zero-order chi connectivity index (χ0) is 25.1. The van der Waals surface area contributed by atoms with Gasteiger partial charge in [0.05, 0.1) is 33.0 Å². The highest BCUT2D eigenvalue weighted by Crippen LogP contribution is 2.64. The van der Waals surface area contributed by atoms with Crippen LogP contribution in [0.3, 0.4) is 0 Å². The SMILES string of the molecule is CC1(C)COCCC2=C3C(CC[C@@]2(O)COC1)C1CCC[C@@]1(C)C[C@@H]3c1ccc([C@H]2C=C2CO)cc1. The Kier molecular flexibility index (Phi) is 6.27. The van der Waals surface area contributed by atoms with E-state index >= 15 is 0 Å². The molecule has 0 radical (unpaired) electrons. The van der Waals surface area contributed by atoms with E-state index in [1.54, 1.807) is 0 Å². The Morgan fingerprint density at radius 2 is 1.69 bits per heavy atom. The second kappa shape index (κ2) is 9.08. The van der Waals surface area contributed by atoms with Gasteiger partial charge in [0, 0.05) is 17.3 Å². The molecule has 5 aliphatic rings. The molecule has 0 spiro atoms. The zero-order valence-electron chi connectivity index (χ0n) is 22.4. The van der Waals surface area contributed by atoms with E-state index in [9.17, 15) is 10.2 Å². The van der Waals surface area contributed by atoms with Crippen molar-refractivity contribution in [3.05, 3.63) is 58.2 Å². The Labute approximate surface area is 216 Å². The first kappa shape index (κ1) is 24.9. The van der Waals surface area contributed by atoms with Crippen molar-refractivity contribution >= 4 is 0 Å². The number of ether oxygens (including phenoxy) is 2. The molecule has 0 aromatic heterocycles. The Bertz CT molecular complexity index is 1050. The Morgan fingerprint density at radius 1 is 0.944 bits per heavy atom. The lowest BCUT2D eigenvalue weighted by Gasteiger charge is -2.53. The number of allylic oxidation sites excluding steroid dienone is 2. The van der Waals surface area contributed by atoms with Crippen molar-refractivity contribution in [1.29, 1.82) is 0 Å². The van der Waals surface area contributed by atoms with Gasteiger partial charge in [0.2, 0.25) is 0 Å². The maximum absolute atomic E-state index is 12.1. The lowest BCUT2D eigenvalue weighted by atomic mass is 9.53. The molecule has 1 aromatic rings. The third kappa shape index (κ3) is 4.32. The minimum Gasteiger partial charge on any atom is -0.392 e. The van der Waals surface area contributed by atoms with Crippen LogP contribution in [0, 0.1) is 22.7 Å². The maximum Gasteiger partial charge on any atom is 0.109 e. The summed E-state index contributed by atoms with van der Waals surface area (Å²) in [7, 11) is 0. The Balaban J connectivity index is 1.39. The van der Waals surface area contributed by atoms with Gasteiger partial charge in [0.15, 0.2) is 0 Å². The number of aliphatic hydroxyl groups excluding tert-OH is 1. The van der Waals surface area contributed by atoms with Crippen molar-refractivity contribution < 1.29 is 19.7 Å². The van der Waals surface area contributed by atoms with Crippen LogP contribution in [0.5, 0.6) is 0 Å². The average Bonchev–Trinajstić information content (AvgIpc) is 3.54. The first-order valence-corrected chi connectivity index (χ1v) is 14.3. The maximum atomic E-state index is 12.1. The fraction of sp³-hybridized carbons (Fsp3) is 0.688. The highest BCUT2D eigenvalue weighted by Gasteiger charge is 2.55. The summed E-state index contributed by atoms with van der Waals surface area (Å²) in [5, 5.41) is 21.6. The van der Waals surface area contributed by atoms with Crippen molar-refractivity contribution in [2.24, 2.45) is 22.7 Å². The van der Waals surface area contributed by atoms with Crippen LogP contribution in [0.25, 0.3) is 0 Å². The number of hydrogen-bond acceptors (Lipinski definition) is 4. The standard InChI is InChI=1S/C32H44O4/c1-30(2)18-35-14-11-28-29-24(10-13-32(28,34)20-36-19-30)27-5-4-12-31(27,3)16-26(29)22-8-6-21(7-9-22)25-15-23(25)17-33/h6-9,15,24-27,33-34H,4-5,10-14,16-20H2,1-3H3/t24?,25-,26-,27?,31+,32-/m1/s1. The first-order valence-electron chi connectivity index (χ1n) is 14.3. The van der Waals surface area contributed by atoms with Gasteiger partial charge in [0.25, 0.3) is 0 Å². The van der Waals surface area contributed by atoms with Crippen LogP contribution in [-0.4, -0.2) is 48.8 Å². The Hall–Kier alpha value is -1.46. The Morgan fingerprint density at radius 3 is 2.44 bits per heavy atom. The molecule has 4 nitrogen and oxygen atoms in total. The molecule has 4 heteroatoms. The molecule has 2 saturated carbocycles. The topological polar surface area (TPSA) is 58.9 Å². The second-order valence-corrected chi connectivity index (χ2v) is 13.5. The summed E-state index contributed by atoms with van der Waals surface area (Å²) in [5.74, 6) is 1.93. The lowest BCUT2D eigenvalue weighted by Crippen LogP contribution is -2.49. The summed E-state index contributed by atoms with van der Waals surface area (Å²) in [6.07, 6.45) is 9.95. The van der Waals surface area contributed by atoms with Crippen LogP contribution >= 0.6 is 0 Å². The molecule has 6 atom stereocenters. The molecule has 1 heterocycles. The minimum atomic E-state index is -0.888. The summed E-state index contributed by atoms with van der Waals surface area (Å²) in [5.41, 5.74) is 6.00. The smallest absolute Gasteiger partial charge is 0.109 e. The molecule has 6 rings (SSSR count). The fourth-order valence-electron chi connectivity index (χ4n) is 8.31. The predicted octanol–water partition coefficient (Wildman–Crippen LogP) is 5.90. The molecular formula is C32H44O4. The second-order valence-electron chi connectivity index (χ2n) is 13.5. The van der Waals surface area contributed by atoms with Gasteiger partial charge in [0.1, 0.15) is 5.60 Å². The molecule has 1 aromatic carbocycles. The summed E-state index contributed by atoms with van der Waals surface area (Å²) >= 11 is 0. The molecule has 4 aliphatic carbocycles. The quantitative estimate of drug-likeness (QED) is 0.516. The van der Waals surface area contributed by atoms with Gasteiger partial charge in [-0.3, -0.25) is 0 Å². The molecule has 0 bridgehead atoms. The van der Waals surface area contributed by atoms with Gasteiger partial charge in [-0.2, -0.15) is 0 Å². The average molecular weight is 493 g/mol. The van der Waals surface area contributed by atoms with E-state index in [4.69, 9.17) is 9.47 Å².